The Kier molecular flexibility index (Phi) is 5.00. The highest BCUT2D eigenvalue weighted by Crippen LogP contribution is 2.36. The van der Waals surface area contributed by atoms with Crippen LogP contribution in [-0.4, -0.2) is 21.1 Å². The van der Waals surface area contributed by atoms with Gasteiger partial charge >= 0.3 is 0 Å². The summed E-state index contributed by atoms with van der Waals surface area (Å²) < 4.78 is 21.5. The summed E-state index contributed by atoms with van der Waals surface area (Å²) in [7, 11) is 0. The summed E-state index contributed by atoms with van der Waals surface area (Å²) in [6.07, 6.45) is 1.63. The lowest BCUT2D eigenvalue weighted by Gasteiger charge is -2.14. The van der Waals surface area contributed by atoms with Crippen LogP contribution in [0.1, 0.15) is 37.5 Å². The van der Waals surface area contributed by atoms with E-state index in [0.717, 1.165) is 27.6 Å². The summed E-state index contributed by atoms with van der Waals surface area (Å²) in [5, 5.41) is 1.82. The average Bonchev–Trinajstić information content (AvgIpc) is 3.55. The molecule has 2 heterocycles. The smallest absolute Gasteiger partial charge is 0.228 e. The molecule has 0 atom stereocenters. The molecule has 0 radical (unpaired) electrons. The number of fused-ring (bicyclic) bond motifs is 3. The van der Waals surface area contributed by atoms with Crippen molar-refractivity contribution in [2.75, 3.05) is 0 Å². The Balaban J connectivity index is 1.43. The van der Waals surface area contributed by atoms with Gasteiger partial charge in [0.2, 0.25) is 5.89 Å². The molecule has 1 aliphatic rings. The van der Waals surface area contributed by atoms with Crippen molar-refractivity contribution in [3.8, 4) is 17.1 Å². The zero-order valence-electron chi connectivity index (χ0n) is 21.2. The van der Waals surface area contributed by atoms with Gasteiger partial charge in [-0.05, 0) is 78.2 Å². The lowest BCUT2D eigenvalue weighted by Crippen LogP contribution is -2.05. The van der Waals surface area contributed by atoms with Crippen LogP contribution in [0.15, 0.2) is 94.9 Å². The van der Waals surface area contributed by atoms with Gasteiger partial charge in [-0.3, -0.25) is 14.2 Å². The van der Waals surface area contributed by atoms with E-state index in [1.165, 1.54) is 12.1 Å². The average molecular weight is 513 g/mol. The Morgan fingerprint density at radius 1 is 0.795 bits per heavy atom. The van der Waals surface area contributed by atoms with Gasteiger partial charge in [0.05, 0.1) is 17.0 Å². The van der Waals surface area contributed by atoms with E-state index in [4.69, 9.17) is 9.40 Å². The second kappa shape index (κ2) is 8.46. The third-order valence-corrected chi connectivity index (χ3v) is 7.29. The fourth-order valence-electron chi connectivity index (χ4n) is 5.40. The first-order valence-electron chi connectivity index (χ1n) is 12.6. The standard InChI is InChI=1S/C33H21FN2O3/c1-18-6-5-7-19(2)29(18)36-24(17-28-32(36)35-33(39-28)20-10-12-23(34)13-11-20)16-27-30(37)25-14-21-8-3-4-9-22(21)15-26(25)31(27)38/h3-17H,1-2H3. The van der Waals surface area contributed by atoms with E-state index in [1.54, 1.807) is 36.4 Å². The second-order valence-electron chi connectivity index (χ2n) is 9.82. The molecular formula is C33H21FN2O3. The number of oxazole rings is 1. The van der Waals surface area contributed by atoms with E-state index in [2.05, 4.69) is 0 Å². The number of hydrogen-bond donors (Lipinski definition) is 0. The molecule has 4 aromatic carbocycles. The largest absolute Gasteiger partial charge is 0.434 e. The zero-order valence-corrected chi connectivity index (χ0v) is 21.2. The molecule has 188 valence electrons. The molecule has 0 saturated heterocycles. The summed E-state index contributed by atoms with van der Waals surface area (Å²) in [6, 6.07) is 25.0. The van der Waals surface area contributed by atoms with Crippen LogP contribution in [0.4, 0.5) is 4.39 Å². The van der Waals surface area contributed by atoms with Gasteiger partial charge in [-0.2, -0.15) is 4.98 Å². The van der Waals surface area contributed by atoms with Crippen molar-refractivity contribution >= 4 is 39.6 Å². The normalized spacial score (nSPS) is 13.1. The van der Waals surface area contributed by atoms with E-state index in [-0.39, 0.29) is 23.0 Å². The molecule has 0 N–H and O–H groups in total. The second-order valence-corrected chi connectivity index (χ2v) is 9.82. The SMILES string of the molecule is Cc1cccc(C)c1-n1c(C=C2C(=O)c3cc4ccccc4cc3C2=O)cc2oc(-c3ccc(F)cc3)nc21. The molecule has 6 heteroatoms. The molecule has 0 spiro atoms. The van der Waals surface area contributed by atoms with Crippen LogP contribution in [0.5, 0.6) is 0 Å². The maximum atomic E-state index is 13.5. The quantitative estimate of drug-likeness (QED) is 0.180. The summed E-state index contributed by atoms with van der Waals surface area (Å²) in [5.41, 5.74) is 6.09. The highest BCUT2D eigenvalue weighted by atomic mass is 19.1. The van der Waals surface area contributed by atoms with Crippen molar-refractivity contribution in [2.45, 2.75) is 13.8 Å². The van der Waals surface area contributed by atoms with Crippen molar-refractivity contribution in [3.63, 3.8) is 0 Å². The minimum absolute atomic E-state index is 0.103. The molecule has 0 saturated carbocycles. The van der Waals surface area contributed by atoms with Crippen LogP contribution < -0.4 is 0 Å². The van der Waals surface area contributed by atoms with E-state index in [1.807, 2.05) is 60.9 Å². The minimum Gasteiger partial charge on any atom is -0.434 e. The van der Waals surface area contributed by atoms with Crippen LogP contribution in [0, 0.1) is 19.7 Å². The number of para-hydroxylation sites is 1. The number of benzene rings is 4. The highest BCUT2D eigenvalue weighted by Gasteiger charge is 2.34. The number of aromatic nitrogens is 2. The molecule has 1 aliphatic carbocycles. The molecule has 2 aromatic heterocycles. The van der Waals surface area contributed by atoms with Crippen molar-refractivity contribution < 1.29 is 18.4 Å². The van der Waals surface area contributed by atoms with Crippen LogP contribution in [0.2, 0.25) is 0 Å². The fourth-order valence-corrected chi connectivity index (χ4v) is 5.40. The molecule has 5 nitrogen and oxygen atoms in total. The summed E-state index contributed by atoms with van der Waals surface area (Å²) >= 11 is 0. The lowest BCUT2D eigenvalue weighted by molar-refractivity contribution is 0.0990. The Hall–Kier alpha value is -5.10. The Morgan fingerprint density at radius 2 is 1.41 bits per heavy atom. The van der Waals surface area contributed by atoms with E-state index in [0.29, 0.717) is 39.5 Å². The van der Waals surface area contributed by atoms with Crippen molar-refractivity contribution in [1.82, 2.24) is 9.55 Å². The molecule has 0 unspecified atom stereocenters. The number of halogens is 1. The predicted octanol–water partition coefficient (Wildman–Crippen LogP) is 7.66. The number of carbonyl (C=O) groups excluding carboxylic acids is 2. The van der Waals surface area contributed by atoms with Gasteiger partial charge < -0.3 is 4.42 Å². The molecular weight excluding hydrogens is 491 g/mol. The van der Waals surface area contributed by atoms with E-state index in [9.17, 15) is 14.0 Å². The highest BCUT2D eigenvalue weighted by molar-refractivity contribution is 6.42. The Labute approximate surface area is 222 Å². The van der Waals surface area contributed by atoms with E-state index >= 15 is 0 Å². The minimum atomic E-state index is -0.344. The van der Waals surface area contributed by atoms with E-state index < -0.39 is 0 Å². The number of allylic oxidation sites excluding steroid dienone is 1. The summed E-state index contributed by atoms with van der Waals surface area (Å²) in [4.78, 5) is 31.7. The Morgan fingerprint density at radius 3 is 2.03 bits per heavy atom. The van der Waals surface area contributed by atoms with Crippen molar-refractivity contribution in [1.29, 1.82) is 0 Å². The molecule has 39 heavy (non-hydrogen) atoms. The van der Waals surface area contributed by atoms with Gasteiger partial charge in [0.15, 0.2) is 22.8 Å². The zero-order chi connectivity index (χ0) is 26.8. The van der Waals surface area contributed by atoms with Crippen LogP contribution >= 0.6 is 0 Å². The van der Waals surface area contributed by atoms with Gasteiger partial charge in [0.1, 0.15) is 5.82 Å². The molecule has 0 fully saturated rings. The number of nitrogens with zero attached hydrogens (tertiary/aromatic N) is 2. The Bertz CT molecular complexity index is 1950. The number of ketones is 2. The molecule has 0 bridgehead atoms. The lowest BCUT2D eigenvalue weighted by atomic mass is 10.0. The number of Topliss-reactive ketones (excluding diaryl/α,β-unsaturated/α-hetero) is 2. The molecule has 7 rings (SSSR count). The molecule has 6 aromatic rings. The number of rotatable bonds is 3. The van der Waals surface area contributed by atoms with Gasteiger partial charge in [0.25, 0.3) is 0 Å². The first kappa shape index (κ1) is 23.0. The third kappa shape index (κ3) is 3.56. The predicted molar refractivity (Wildman–Crippen MR) is 149 cm³/mol. The third-order valence-electron chi connectivity index (χ3n) is 7.29. The maximum Gasteiger partial charge on any atom is 0.228 e. The van der Waals surface area contributed by atoms with Gasteiger partial charge in [-0.15, -0.1) is 0 Å². The van der Waals surface area contributed by atoms with Crippen molar-refractivity contribution in [3.05, 3.63) is 124 Å². The van der Waals surface area contributed by atoms with Crippen LogP contribution in [0.3, 0.4) is 0 Å². The molecule has 0 amide bonds. The topological polar surface area (TPSA) is 65.1 Å². The number of aryl methyl sites for hydroxylation is 2. The van der Waals surface area contributed by atoms with Gasteiger partial charge in [0, 0.05) is 22.8 Å². The maximum absolute atomic E-state index is 13.5. The summed E-state index contributed by atoms with van der Waals surface area (Å²) in [5.74, 6) is -0.590. The monoisotopic (exact) mass is 512 g/mol. The van der Waals surface area contributed by atoms with Crippen LogP contribution in [0.25, 0.3) is 45.2 Å². The number of hydrogen-bond acceptors (Lipinski definition) is 4. The van der Waals surface area contributed by atoms with Gasteiger partial charge in [-0.1, -0.05) is 42.5 Å². The summed E-state index contributed by atoms with van der Waals surface area (Å²) in [6.45, 7) is 4.00. The van der Waals surface area contributed by atoms with Crippen molar-refractivity contribution in [2.24, 2.45) is 0 Å². The molecule has 0 aliphatic heterocycles. The van der Waals surface area contributed by atoms with Gasteiger partial charge in [-0.25, -0.2) is 4.39 Å². The first-order chi connectivity index (χ1) is 18.9. The number of carbonyl (C=O) groups is 2. The first-order valence-corrected chi connectivity index (χ1v) is 12.6. The fraction of sp³-hybridized carbons (Fsp3) is 0.0606. The van der Waals surface area contributed by atoms with Crippen LogP contribution in [-0.2, 0) is 0 Å².